The summed E-state index contributed by atoms with van der Waals surface area (Å²) >= 11 is 0. The largest absolute Gasteiger partial charge is 0.353 e. The van der Waals surface area contributed by atoms with Crippen molar-refractivity contribution in [3.63, 3.8) is 0 Å². The van der Waals surface area contributed by atoms with Crippen molar-refractivity contribution >= 4 is 23.0 Å². The molecule has 0 spiro atoms. The molecule has 1 aliphatic heterocycles. The third kappa shape index (κ3) is 5.10. The number of unbranched alkanes of at least 4 members (excludes halogenated alkanes) is 1. The number of hydrogen-bond donors (Lipinski definition) is 1. The van der Waals surface area contributed by atoms with Crippen LogP contribution in [0.5, 0.6) is 0 Å². The van der Waals surface area contributed by atoms with Crippen LogP contribution < -0.4 is 5.32 Å². The maximum absolute atomic E-state index is 12.0. The molecule has 4 rings (SSSR count). The van der Waals surface area contributed by atoms with Gasteiger partial charge in [0.2, 0.25) is 5.91 Å². The third-order valence-corrected chi connectivity index (χ3v) is 5.52. The van der Waals surface area contributed by atoms with Crippen LogP contribution in [-0.4, -0.2) is 50.4 Å². The van der Waals surface area contributed by atoms with E-state index in [-0.39, 0.29) is 12.1 Å². The fourth-order valence-corrected chi connectivity index (χ4v) is 3.98. The summed E-state index contributed by atoms with van der Waals surface area (Å²) in [5, 5.41) is 11.7. The van der Waals surface area contributed by atoms with E-state index in [1.54, 1.807) is 24.5 Å². The first-order chi connectivity index (χ1) is 14.8. The summed E-state index contributed by atoms with van der Waals surface area (Å²) in [6, 6.07) is 11.9. The monoisotopic (exact) mass is 404 g/mol. The summed E-state index contributed by atoms with van der Waals surface area (Å²) in [4.78, 5) is 18.5. The molecule has 156 valence electrons. The van der Waals surface area contributed by atoms with Gasteiger partial charge in [-0.3, -0.25) is 14.7 Å². The molecule has 1 amide bonds. The predicted octanol–water partition coefficient (Wildman–Crippen LogP) is 3.42. The normalized spacial score (nSPS) is 17.5. The molecule has 1 atom stereocenters. The molecule has 30 heavy (non-hydrogen) atoms. The number of likely N-dealkylation sites (tertiary alicyclic amines) is 1. The van der Waals surface area contributed by atoms with Crippen molar-refractivity contribution < 1.29 is 4.79 Å². The molecule has 1 saturated heterocycles. The van der Waals surface area contributed by atoms with Gasteiger partial charge in [0.05, 0.1) is 5.52 Å². The summed E-state index contributed by atoms with van der Waals surface area (Å²) in [7, 11) is 0. The van der Waals surface area contributed by atoms with Gasteiger partial charge in [0, 0.05) is 38.1 Å². The van der Waals surface area contributed by atoms with Crippen LogP contribution in [0.25, 0.3) is 17.1 Å². The fourth-order valence-electron chi connectivity index (χ4n) is 3.98. The van der Waals surface area contributed by atoms with Gasteiger partial charge in [-0.1, -0.05) is 23.4 Å². The smallest absolute Gasteiger partial charge is 0.243 e. The highest BCUT2D eigenvalue weighted by Gasteiger charge is 2.25. The highest BCUT2D eigenvalue weighted by Crippen LogP contribution is 2.28. The van der Waals surface area contributed by atoms with Gasteiger partial charge in [-0.25, -0.2) is 4.68 Å². The van der Waals surface area contributed by atoms with E-state index in [0.717, 1.165) is 48.9 Å². The number of nitrogens with one attached hydrogen (secondary N) is 1. The minimum absolute atomic E-state index is 0.0659. The van der Waals surface area contributed by atoms with Crippen molar-refractivity contribution in [2.75, 3.05) is 19.6 Å². The van der Waals surface area contributed by atoms with Crippen LogP contribution >= 0.6 is 0 Å². The number of carbonyl (C=O) groups is 1. The highest BCUT2D eigenvalue weighted by molar-refractivity contribution is 5.91. The Morgan fingerprint density at radius 2 is 2.10 bits per heavy atom. The molecule has 1 aromatic carbocycles. The zero-order valence-corrected chi connectivity index (χ0v) is 17.2. The molecule has 7 nitrogen and oxygen atoms in total. The van der Waals surface area contributed by atoms with E-state index in [9.17, 15) is 4.79 Å². The van der Waals surface area contributed by atoms with Crippen LogP contribution in [0.1, 0.15) is 43.8 Å². The molecule has 2 aromatic heterocycles. The van der Waals surface area contributed by atoms with Crippen molar-refractivity contribution in [2.24, 2.45) is 0 Å². The molecule has 1 unspecified atom stereocenters. The Morgan fingerprint density at radius 3 is 3.00 bits per heavy atom. The molecule has 1 N–H and O–H groups in total. The number of nitrogens with zero attached hydrogens (tertiary/aromatic N) is 5. The Bertz CT molecular complexity index is 984. The highest BCUT2D eigenvalue weighted by atomic mass is 16.1. The maximum atomic E-state index is 12.0. The van der Waals surface area contributed by atoms with Crippen LogP contribution in [0.3, 0.4) is 0 Å². The number of fused-ring (bicyclic) bond motifs is 1. The zero-order chi connectivity index (χ0) is 20.6. The number of amides is 1. The van der Waals surface area contributed by atoms with Crippen LogP contribution in [0.2, 0.25) is 0 Å². The number of carbonyl (C=O) groups excluding carboxylic acids is 1. The van der Waals surface area contributed by atoms with E-state index in [0.29, 0.717) is 6.54 Å². The maximum Gasteiger partial charge on any atom is 0.243 e. The van der Waals surface area contributed by atoms with E-state index in [2.05, 4.69) is 36.3 Å². The molecular formula is C23H28N6O. The number of para-hydroxylation sites is 1. The fraction of sp³-hybridized carbons (Fsp3) is 0.391. The lowest BCUT2D eigenvalue weighted by Gasteiger charge is -2.35. The first-order valence-electron chi connectivity index (χ1n) is 10.7. The lowest BCUT2D eigenvalue weighted by molar-refractivity contribution is -0.116. The summed E-state index contributed by atoms with van der Waals surface area (Å²) in [5.74, 6) is -0.0659. The molecule has 0 bridgehead atoms. The Kier molecular flexibility index (Phi) is 6.82. The number of rotatable bonds is 8. The molecule has 3 aromatic rings. The SMILES string of the molecule is O=C(/C=C\c1cccnc1)NCCCCN1CCCCC1n1nnc2ccccc21. The van der Waals surface area contributed by atoms with Gasteiger partial charge in [0.1, 0.15) is 11.7 Å². The average molecular weight is 405 g/mol. The molecule has 0 aliphatic carbocycles. The quantitative estimate of drug-likeness (QED) is 0.460. The summed E-state index contributed by atoms with van der Waals surface area (Å²) < 4.78 is 2.08. The standard InChI is InChI=1S/C23H28N6O/c30-22(13-12-19-8-7-14-24-18-19)25-15-4-6-17-28-16-5-3-11-23(28)29-21-10-2-1-9-20(21)26-27-29/h1-2,7-10,12-14,18,23H,3-6,11,15-17H2,(H,25,30)/b13-12-. The topological polar surface area (TPSA) is 75.9 Å². The van der Waals surface area contributed by atoms with Crippen molar-refractivity contribution in [1.29, 1.82) is 0 Å². The number of aromatic nitrogens is 4. The Hall–Kier alpha value is -3.06. The summed E-state index contributed by atoms with van der Waals surface area (Å²) in [6.07, 6.45) is 12.6. The second-order valence-electron chi connectivity index (χ2n) is 7.65. The molecule has 0 radical (unpaired) electrons. The second kappa shape index (κ2) is 10.1. The number of benzene rings is 1. The molecule has 7 heteroatoms. The lowest BCUT2D eigenvalue weighted by atomic mass is 10.1. The summed E-state index contributed by atoms with van der Waals surface area (Å²) in [5.41, 5.74) is 2.97. The van der Waals surface area contributed by atoms with E-state index in [1.807, 2.05) is 30.3 Å². The van der Waals surface area contributed by atoms with Gasteiger partial charge in [0.15, 0.2) is 0 Å². The van der Waals surface area contributed by atoms with Crippen LogP contribution in [0.15, 0.2) is 54.9 Å². The van der Waals surface area contributed by atoms with Crippen LogP contribution in [0, 0.1) is 0 Å². The van der Waals surface area contributed by atoms with Crippen molar-refractivity contribution in [3.8, 4) is 0 Å². The predicted molar refractivity (Wildman–Crippen MR) is 118 cm³/mol. The number of piperidine rings is 1. The van der Waals surface area contributed by atoms with Gasteiger partial charge in [-0.05, 0) is 61.9 Å². The lowest BCUT2D eigenvalue weighted by Crippen LogP contribution is -2.38. The van der Waals surface area contributed by atoms with E-state index >= 15 is 0 Å². The van der Waals surface area contributed by atoms with Crippen molar-refractivity contribution in [3.05, 3.63) is 60.4 Å². The third-order valence-electron chi connectivity index (χ3n) is 5.52. The Labute approximate surface area is 176 Å². The van der Waals surface area contributed by atoms with E-state index < -0.39 is 0 Å². The Balaban J connectivity index is 1.24. The average Bonchev–Trinajstić information content (AvgIpc) is 3.22. The Morgan fingerprint density at radius 1 is 1.17 bits per heavy atom. The van der Waals surface area contributed by atoms with Crippen molar-refractivity contribution in [2.45, 2.75) is 38.3 Å². The van der Waals surface area contributed by atoms with Gasteiger partial charge < -0.3 is 5.32 Å². The van der Waals surface area contributed by atoms with Gasteiger partial charge in [-0.2, -0.15) is 0 Å². The van der Waals surface area contributed by atoms with Gasteiger partial charge in [0.25, 0.3) is 0 Å². The molecule has 1 aliphatic rings. The minimum Gasteiger partial charge on any atom is -0.353 e. The number of hydrogen-bond acceptors (Lipinski definition) is 5. The molecule has 0 saturated carbocycles. The van der Waals surface area contributed by atoms with E-state index in [4.69, 9.17) is 0 Å². The zero-order valence-electron chi connectivity index (χ0n) is 17.2. The minimum atomic E-state index is -0.0659. The van der Waals surface area contributed by atoms with Crippen molar-refractivity contribution in [1.82, 2.24) is 30.2 Å². The van der Waals surface area contributed by atoms with E-state index in [1.165, 1.54) is 12.8 Å². The number of pyridine rings is 1. The van der Waals surface area contributed by atoms with Gasteiger partial charge >= 0.3 is 0 Å². The van der Waals surface area contributed by atoms with Gasteiger partial charge in [-0.15, -0.1) is 5.10 Å². The molecule has 3 heterocycles. The first kappa shape index (κ1) is 20.2. The summed E-state index contributed by atoms with van der Waals surface area (Å²) in [6.45, 7) is 2.76. The first-order valence-corrected chi connectivity index (χ1v) is 10.7. The second-order valence-corrected chi connectivity index (χ2v) is 7.65. The van der Waals surface area contributed by atoms with Crippen LogP contribution in [0.4, 0.5) is 0 Å². The molecule has 1 fully saturated rings. The molecular weight excluding hydrogens is 376 g/mol. The van der Waals surface area contributed by atoms with Crippen LogP contribution in [-0.2, 0) is 4.79 Å².